The summed E-state index contributed by atoms with van der Waals surface area (Å²) in [7, 11) is 0. The van der Waals surface area contributed by atoms with Crippen LogP contribution in [0, 0.1) is 11.8 Å². The largest absolute Gasteiger partial charge is 0.381 e. The van der Waals surface area contributed by atoms with Gasteiger partial charge in [-0.1, -0.05) is 165 Å². The lowest BCUT2D eigenvalue weighted by atomic mass is 9.98. The van der Waals surface area contributed by atoms with Gasteiger partial charge < -0.3 is 25.8 Å². The Morgan fingerprint density at radius 3 is 1.20 bits per heavy atom. The second-order valence-electron chi connectivity index (χ2n) is 16.3. The minimum absolute atomic E-state index is 0.0372. The molecule has 0 radical (unpaired) electrons. The standard InChI is InChI=1S/C49H91N3O3/c1-3-5-7-9-11-13-15-17-19-21-23-25-27-29-31-33-35-37-39-54-44-46-42-52(49(53)48(51)41-50)43-47(46)45-55-40-38-36-34-32-30-28-26-24-22-20-18-16-14-12-10-8-6-4-2/h11-14,17-20,46-48H,3-10,15-16,21-45,50-51H2,1-2H3/b13-11-,14-12-,19-17-,20-18-/t46-,47-,48-/m0/s1. The van der Waals surface area contributed by atoms with E-state index in [1.54, 1.807) is 0 Å². The number of ether oxygens (including phenoxy) is 2. The maximum atomic E-state index is 12.8. The topological polar surface area (TPSA) is 90.8 Å². The first-order valence-electron chi connectivity index (χ1n) is 23.6. The molecule has 1 heterocycles. The maximum Gasteiger partial charge on any atom is 0.240 e. The minimum Gasteiger partial charge on any atom is -0.381 e. The molecule has 0 unspecified atom stereocenters. The van der Waals surface area contributed by atoms with Crippen LogP contribution in [0.1, 0.15) is 194 Å². The summed E-state index contributed by atoms with van der Waals surface area (Å²) in [6, 6.07) is -0.621. The molecule has 0 aromatic heterocycles. The van der Waals surface area contributed by atoms with E-state index in [9.17, 15) is 4.79 Å². The van der Waals surface area contributed by atoms with Crippen molar-refractivity contribution < 1.29 is 14.3 Å². The maximum absolute atomic E-state index is 12.8. The molecule has 6 heteroatoms. The zero-order valence-corrected chi connectivity index (χ0v) is 36.4. The van der Waals surface area contributed by atoms with Crippen molar-refractivity contribution >= 4 is 5.91 Å². The summed E-state index contributed by atoms with van der Waals surface area (Å²) in [5.41, 5.74) is 11.7. The Morgan fingerprint density at radius 1 is 0.527 bits per heavy atom. The highest BCUT2D eigenvalue weighted by atomic mass is 16.5. The lowest BCUT2D eigenvalue weighted by Gasteiger charge is -2.20. The van der Waals surface area contributed by atoms with E-state index >= 15 is 0 Å². The predicted molar refractivity (Wildman–Crippen MR) is 239 cm³/mol. The molecule has 1 aliphatic rings. The van der Waals surface area contributed by atoms with Gasteiger partial charge in [0.15, 0.2) is 0 Å². The van der Waals surface area contributed by atoms with Gasteiger partial charge in [-0.25, -0.2) is 0 Å². The molecule has 1 saturated heterocycles. The normalized spacial score (nSPS) is 17.0. The molecule has 1 amide bonds. The number of carbonyl (C=O) groups is 1. The van der Waals surface area contributed by atoms with Crippen molar-refractivity contribution in [1.82, 2.24) is 4.90 Å². The van der Waals surface area contributed by atoms with E-state index in [4.69, 9.17) is 20.9 Å². The molecule has 0 saturated carbocycles. The Bertz CT molecular complexity index is 884. The fraction of sp³-hybridized carbons (Fsp3) is 0.816. The number of allylic oxidation sites excluding steroid dienone is 8. The highest BCUT2D eigenvalue weighted by Gasteiger charge is 2.36. The Balaban J connectivity index is 2.07. The van der Waals surface area contributed by atoms with Crippen LogP contribution in [-0.2, 0) is 14.3 Å². The van der Waals surface area contributed by atoms with Gasteiger partial charge in [0.25, 0.3) is 0 Å². The van der Waals surface area contributed by atoms with Crippen molar-refractivity contribution in [2.45, 2.75) is 200 Å². The molecule has 3 atom stereocenters. The predicted octanol–water partition coefficient (Wildman–Crippen LogP) is 12.6. The molecule has 1 rings (SSSR count). The monoisotopic (exact) mass is 770 g/mol. The first kappa shape index (κ1) is 51.3. The zero-order chi connectivity index (χ0) is 39.7. The van der Waals surface area contributed by atoms with Crippen molar-refractivity contribution in [1.29, 1.82) is 0 Å². The fourth-order valence-electron chi connectivity index (χ4n) is 7.39. The van der Waals surface area contributed by atoms with E-state index in [-0.39, 0.29) is 12.5 Å². The molecule has 55 heavy (non-hydrogen) atoms. The SMILES string of the molecule is CCCCC/C=C\C/C=C\CCCCCCCCCCOC[C@@H]1CN(C(=O)[C@@H](N)CN)C[C@H]1COCCCCCCCCCC/C=C\C/C=C\CCCCC. The van der Waals surface area contributed by atoms with Gasteiger partial charge >= 0.3 is 0 Å². The summed E-state index contributed by atoms with van der Waals surface area (Å²) in [4.78, 5) is 14.7. The Kier molecular flexibility index (Phi) is 37.7. The van der Waals surface area contributed by atoms with Gasteiger partial charge in [-0.2, -0.15) is 0 Å². The minimum atomic E-state index is -0.621. The van der Waals surface area contributed by atoms with Gasteiger partial charge in [-0.05, 0) is 77.0 Å². The second kappa shape index (κ2) is 40.5. The van der Waals surface area contributed by atoms with Crippen LogP contribution in [0.15, 0.2) is 48.6 Å². The van der Waals surface area contributed by atoms with Gasteiger partial charge in [0.2, 0.25) is 5.91 Å². The third kappa shape index (κ3) is 32.0. The van der Waals surface area contributed by atoms with E-state index in [2.05, 4.69) is 62.5 Å². The van der Waals surface area contributed by atoms with Gasteiger partial charge in [0.1, 0.15) is 0 Å². The van der Waals surface area contributed by atoms with Gasteiger partial charge in [0.05, 0.1) is 19.3 Å². The molecule has 0 aliphatic carbocycles. The Morgan fingerprint density at radius 2 is 0.855 bits per heavy atom. The van der Waals surface area contributed by atoms with Crippen LogP contribution >= 0.6 is 0 Å². The second-order valence-corrected chi connectivity index (χ2v) is 16.3. The summed E-state index contributed by atoms with van der Waals surface area (Å²) in [5, 5.41) is 0. The highest BCUT2D eigenvalue weighted by Crippen LogP contribution is 2.25. The third-order valence-corrected chi connectivity index (χ3v) is 11.1. The van der Waals surface area contributed by atoms with Crippen LogP contribution in [-0.4, -0.2) is 62.9 Å². The summed E-state index contributed by atoms with van der Waals surface area (Å²) < 4.78 is 12.3. The van der Waals surface area contributed by atoms with Crippen LogP contribution in [0.3, 0.4) is 0 Å². The molecule has 6 nitrogen and oxygen atoms in total. The number of unbranched alkanes of at least 4 members (excludes halogenated alkanes) is 22. The summed E-state index contributed by atoms with van der Waals surface area (Å²) >= 11 is 0. The van der Waals surface area contributed by atoms with E-state index in [1.807, 2.05) is 4.90 Å². The Labute approximate surface area is 341 Å². The molecule has 4 N–H and O–H groups in total. The number of hydrogen-bond acceptors (Lipinski definition) is 5. The molecular weight excluding hydrogens is 679 g/mol. The quantitative estimate of drug-likeness (QED) is 0.0478. The summed E-state index contributed by atoms with van der Waals surface area (Å²) in [6.45, 7) is 9.06. The molecular formula is C49H91N3O3. The number of nitrogens with zero attached hydrogens (tertiary/aromatic N) is 1. The average Bonchev–Trinajstić information content (AvgIpc) is 3.61. The highest BCUT2D eigenvalue weighted by molar-refractivity contribution is 5.82. The van der Waals surface area contributed by atoms with Crippen LogP contribution in [0.2, 0.25) is 0 Å². The van der Waals surface area contributed by atoms with Gasteiger partial charge in [-0.3, -0.25) is 4.79 Å². The third-order valence-electron chi connectivity index (χ3n) is 11.1. The lowest BCUT2D eigenvalue weighted by molar-refractivity contribution is -0.131. The van der Waals surface area contributed by atoms with Crippen molar-refractivity contribution in [3.05, 3.63) is 48.6 Å². The van der Waals surface area contributed by atoms with E-state index in [0.717, 1.165) is 38.9 Å². The van der Waals surface area contributed by atoms with Crippen LogP contribution in [0.5, 0.6) is 0 Å². The Hall–Kier alpha value is -1.73. The first-order valence-corrected chi connectivity index (χ1v) is 23.6. The van der Waals surface area contributed by atoms with Crippen LogP contribution < -0.4 is 11.5 Å². The molecule has 320 valence electrons. The van der Waals surface area contributed by atoms with Gasteiger partial charge in [0, 0.05) is 44.7 Å². The molecule has 1 fully saturated rings. The molecule has 0 bridgehead atoms. The van der Waals surface area contributed by atoms with Crippen LogP contribution in [0.4, 0.5) is 0 Å². The van der Waals surface area contributed by atoms with Crippen molar-refractivity contribution in [2.24, 2.45) is 23.3 Å². The van der Waals surface area contributed by atoms with E-state index in [0.29, 0.717) is 38.1 Å². The van der Waals surface area contributed by atoms with E-state index in [1.165, 1.54) is 154 Å². The smallest absolute Gasteiger partial charge is 0.240 e. The average molecular weight is 770 g/mol. The fourth-order valence-corrected chi connectivity index (χ4v) is 7.39. The number of amides is 1. The first-order chi connectivity index (χ1) is 27.1. The van der Waals surface area contributed by atoms with Crippen LogP contribution in [0.25, 0.3) is 0 Å². The number of rotatable bonds is 40. The number of hydrogen-bond donors (Lipinski definition) is 2. The molecule has 0 spiro atoms. The zero-order valence-electron chi connectivity index (χ0n) is 36.4. The van der Waals surface area contributed by atoms with Gasteiger partial charge in [-0.15, -0.1) is 0 Å². The van der Waals surface area contributed by atoms with Crippen molar-refractivity contribution in [2.75, 3.05) is 46.1 Å². The molecule has 0 aromatic carbocycles. The summed E-state index contributed by atoms with van der Waals surface area (Å²) in [6.07, 6.45) is 54.4. The molecule has 1 aliphatic heterocycles. The number of nitrogens with two attached hydrogens (primary N) is 2. The summed E-state index contributed by atoms with van der Waals surface area (Å²) in [5.74, 6) is 0.552. The van der Waals surface area contributed by atoms with E-state index < -0.39 is 6.04 Å². The number of carbonyl (C=O) groups excluding carboxylic acids is 1. The van der Waals surface area contributed by atoms with Crippen molar-refractivity contribution in [3.8, 4) is 0 Å². The lowest BCUT2D eigenvalue weighted by Crippen LogP contribution is -2.47. The molecule has 0 aromatic rings. The van der Waals surface area contributed by atoms with Crippen molar-refractivity contribution in [3.63, 3.8) is 0 Å². The number of likely N-dealkylation sites (tertiary alicyclic amines) is 1.